The van der Waals surface area contributed by atoms with Crippen molar-refractivity contribution in [3.8, 4) is 0 Å². The van der Waals surface area contributed by atoms with E-state index in [0.29, 0.717) is 23.7 Å². The quantitative estimate of drug-likeness (QED) is 0.167. The Labute approximate surface area is 293 Å². The van der Waals surface area contributed by atoms with Gasteiger partial charge < -0.3 is 9.47 Å². The van der Waals surface area contributed by atoms with Crippen LogP contribution in [0.3, 0.4) is 0 Å². The average Bonchev–Trinajstić information content (AvgIpc) is 3.47. The van der Waals surface area contributed by atoms with E-state index < -0.39 is 29.5 Å². The molecule has 2 aliphatic carbocycles. The first-order valence-corrected chi connectivity index (χ1v) is 18.6. The van der Waals surface area contributed by atoms with Gasteiger partial charge in [-0.25, -0.2) is 5.06 Å². The molecule has 262 valence electrons. The minimum Gasteiger partial charge on any atom is -0.461 e. The molecule has 6 nitrogen and oxygen atoms in total. The Kier molecular flexibility index (Phi) is 10.8. The second-order valence-electron chi connectivity index (χ2n) is 15.8. The third-order valence-corrected chi connectivity index (χ3v) is 11.6. The summed E-state index contributed by atoms with van der Waals surface area (Å²) in [5.74, 6) is 0.787. The van der Waals surface area contributed by atoms with E-state index in [1.165, 1.54) is 0 Å². The van der Waals surface area contributed by atoms with Gasteiger partial charge in [-0.1, -0.05) is 133 Å². The maximum Gasteiger partial charge on any atom is 0.329 e. The number of carbonyl (C=O) groups excluding carboxylic acids is 2. The summed E-state index contributed by atoms with van der Waals surface area (Å²) in [6.45, 7) is 13.3. The molecule has 0 aromatic heterocycles. The van der Waals surface area contributed by atoms with Crippen molar-refractivity contribution in [2.24, 2.45) is 40.9 Å². The summed E-state index contributed by atoms with van der Waals surface area (Å²) in [4.78, 5) is 38.1. The van der Waals surface area contributed by atoms with Gasteiger partial charge in [-0.15, -0.1) is 0 Å². The number of rotatable bonds is 9. The SMILES string of the molecule is CC(C)[C@@H]1CC[C@@H](C)C[C@H]1OC(=O)C1(C(=O)O[C@@H]2C[C@H](C)CC[C@H]2C(C)C)[C@@H](c2ccccc2)ON(c2ccccc2)[C@@H]1c1ccccc1. The minimum atomic E-state index is -1.86. The third-order valence-electron chi connectivity index (χ3n) is 11.6. The van der Waals surface area contributed by atoms with E-state index in [2.05, 4.69) is 41.5 Å². The predicted molar refractivity (Wildman–Crippen MR) is 193 cm³/mol. The topological polar surface area (TPSA) is 65.1 Å². The molecular weight excluding hydrogens is 610 g/mol. The fourth-order valence-electron chi connectivity index (χ4n) is 8.85. The second-order valence-corrected chi connectivity index (χ2v) is 15.8. The van der Waals surface area contributed by atoms with Crippen molar-refractivity contribution in [3.63, 3.8) is 0 Å². The van der Waals surface area contributed by atoms with Crippen LogP contribution in [0.5, 0.6) is 0 Å². The Hall–Kier alpha value is -3.64. The third kappa shape index (κ3) is 7.04. The van der Waals surface area contributed by atoms with Crippen LogP contribution in [0.15, 0.2) is 91.0 Å². The molecule has 3 aliphatic rings. The highest BCUT2D eigenvalue weighted by molar-refractivity contribution is 6.03. The van der Waals surface area contributed by atoms with Gasteiger partial charge in [0.25, 0.3) is 0 Å². The number of hydrogen-bond donors (Lipinski definition) is 0. The number of benzene rings is 3. The predicted octanol–water partition coefficient (Wildman–Crippen LogP) is 9.92. The Morgan fingerprint density at radius 2 is 1.08 bits per heavy atom. The fourth-order valence-corrected chi connectivity index (χ4v) is 8.85. The van der Waals surface area contributed by atoms with Gasteiger partial charge in [-0.3, -0.25) is 14.4 Å². The molecule has 6 rings (SSSR count). The fraction of sp³-hybridized carbons (Fsp3) is 0.535. The Bertz CT molecular complexity index is 1480. The van der Waals surface area contributed by atoms with E-state index in [0.717, 1.165) is 55.3 Å². The number of ether oxygens (including phenoxy) is 2. The highest BCUT2D eigenvalue weighted by Gasteiger charge is 2.70. The number of carbonyl (C=O) groups is 2. The van der Waals surface area contributed by atoms with Crippen LogP contribution in [-0.2, 0) is 23.9 Å². The summed E-state index contributed by atoms with van der Waals surface area (Å²) in [6, 6.07) is 28.4. The molecule has 0 bridgehead atoms. The van der Waals surface area contributed by atoms with Gasteiger partial charge in [-0.05, 0) is 84.5 Å². The summed E-state index contributed by atoms with van der Waals surface area (Å²) in [5, 5.41) is 1.77. The Morgan fingerprint density at radius 3 is 1.53 bits per heavy atom. The molecule has 2 saturated carbocycles. The molecule has 3 aromatic rings. The molecular formula is C43H55NO5. The van der Waals surface area contributed by atoms with Gasteiger partial charge in [0.2, 0.25) is 5.41 Å². The zero-order valence-corrected chi connectivity index (χ0v) is 30.2. The molecule has 0 amide bonds. The van der Waals surface area contributed by atoms with Gasteiger partial charge in [0.05, 0.1) is 5.69 Å². The monoisotopic (exact) mass is 665 g/mol. The van der Waals surface area contributed by atoms with Crippen molar-refractivity contribution in [2.45, 2.75) is 104 Å². The van der Waals surface area contributed by atoms with E-state index in [1.54, 1.807) is 5.06 Å². The number of hydrogen-bond acceptors (Lipinski definition) is 6. The highest BCUT2D eigenvalue weighted by atomic mass is 16.7. The lowest BCUT2D eigenvalue weighted by atomic mass is 9.70. The number of nitrogens with zero attached hydrogens (tertiary/aromatic N) is 1. The minimum absolute atomic E-state index is 0.204. The first-order valence-electron chi connectivity index (χ1n) is 18.6. The molecule has 3 aromatic carbocycles. The molecule has 1 saturated heterocycles. The van der Waals surface area contributed by atoms with Crippen molar-refractivity contribution in [3.05, 3.63) is 102 Å². The first kappa shape index (κ1) is 35.2. The van der Waals surface area contributed by atoms with Crippen LogP contribution in [0.25, 0.3) is 0 Å². The molecule has 0 radical (unpaired) electrons. The molecule has 8 atom stereocenters. The molecule has 1 aliphatic heterocycles. The van der Waals surface area contributed by atoms with Crippen LogP contribution in [0.4, 0.5) is 5.69 Å². The average molecular weight is 666 g/mol. The van der Waals surface area contributed by atoms with Gasteiger partial charge in [-0.2, -0.15) is 0 Å². The standard InChI is InChI=1S/C43H55NO5/c1-28(2)35-24-22-30(5)26-37(35)47-41(45)43(42(46)48-38-27-31(6)23-25-36(38)29(3)4)39(32-16-10-7-11-17-32)44(34-20-14-9-15-21-34)49-40(43)33-18-12-8-13-19-33/h7-21,28-31,35-40H,22-27H2,1-6H3/t30-,31-,35+,36+,37-,38-,39-,40-/m1/s1. The highest BCUT2D eigenvalue weighted by Crippen LogP contribution is 2.59. The van der Waals surface area contributed by atoms with E-state index in [-0.39, 0.29) is 24.0 Å². The normalized spacial score (nSPS) is 29.9. The van der Waals surface area contributed by atoms with Crippen molar-refractivity contribution in [2.75, 3.05) is 5.06 Å². The zero-order valence-electron chi connectivity index (χ0n) is 30.2. The summed E-state index contributed by atoms with van der Waals surface area (Å²) in [5.41, 5.74) is 0.403. The largest absolute Gasteiger partial charge is 0.461 e. The van der Waals surface area contributed by atoms with Crippen LogP contribution in [0.2, 0.25) is 0 Å². The lowest BCUT2D eigenvalue weighted by molar-refractivity contribution is -0.191. The Balaban J connectivity index is 1.56. The summed E-state index contributed by atoms with van der Waals surface area (Å²) in [7, 11) is 0. The van der Waals surface area contributed by atoms with Gasteiger partial charge >= 0.3 is 11.9 Å². The van der Waals surface area contributed by atoms with Gasteiger partial charge in [0.15, 0.2) is 0 Å². The Morgan fingerprint density at radius 1 is 0.653 bits per heavy atom. The zero-order chi connectivity index (χ0) is 34.7. The molecule has 49 heavy (non-hydrogen) atoms. The lowest BCUT2D eigenvalue weighted by Crippen LogP contribution is -2.53. The maximum absolute atomic E-state index is 15.6. The number of para-hydroxylation sites is 1. The summed E-state index contributed by atoms with van der Waals surface area (Å²) < 4.78 is 13.5. The van der Waals surface area contributed by atoms with Crippen LogP contribution in [-0.4, -0.2) is 24.1 Å². The number of esters is 2. The molecule has 0 N–H and O–H groups in total. The van der Waals surface area contributed by atoms with Crippen LogP contribution < -0.4 is 5.06 Å². The van der Waals surface area contributed by atoms with Crippen molar-refractivity contribution >= 4 is 17.6 Å². The maximum atomic E-state index is 15.6. The number of hydroxylamine groups is 1. The summed E-state index contributed by atoms with van der Waals surface area (Å²) >= 11 is 0. The smallest absolute Gasteiger partial charge is 0.329 e. The molecule has 0 unspecified atom stereocenters. The molecule has 3 fully saturated rings. The van der Waals surface area contributed by atoms with Crippen molar-refractivity contribution in [1.29, 1.82) is 0 Å². The molecule has 0 spiro atoms. The second kappa shape index (κ2) is 15.1. The molecule has 6 heteroatoms. The van der Waals surface area contributed by atoms with Crippen molar-refractivity contribution < 1.29 is 23.9 Å². The van der Waals surface area contributed by atoms with E-state index in [1.807, 2.05) is 91.0 Å². The van der Waals surface area contributed by atoms with Crippen LogP contribution in [0, 0.1) is 40.9 Å². The van der Waals surface area contributed by atoms with Crippen molar-refractivity contribution in [1.82, 2.24) is 0 Å². The number of anilines is 1. The van der Waals surface area contributed by atoms with E-state index >= 15 is 9.59 Å². The van der Waals surface area contributed by atoms with Crippen LogP contribution >= 0.6 is 0 Å². The lowest BCUT2D eigenvalue weighted by Gasteiger charge is -2.42. The van der Waals surface area contributed by atoms with Gasteiger partial charge in [0.1, 0.15) is 24.4 Å². The van der Waals surface area contributed by atoms with Crippen LogP contribution in [0.1, 0.15) is 103 Å². The van der Waals surface area contributed by atoms with E-state index in [9.17, 15) is 0 Å². The van der Waals surface area contributed by atoms with E-state index in [4.69, 9.17) is 14.3 Å². The van der Waals surface area contributed by atoms with Gasteiger partial charge in [0, 0.05) is 0 Å². The first-order chi connectivity index (χ1) is 23.6. The molecule has 1 heterocycles. The summed E-state index contributed by atoms with van der Waals surface area (Å²) in [6.07, 6.45) is 4.11.